The first-order valence-electron chi connectivity index (χ1n) is 6.93. The number of hydrogen-bond donors (Lipinski definition) is 2. The lowest BCUT2D eigenvalue weighted by molar-refractivity contribution is 0.179. The first kappa shape index (κ1) is 15.3. The van der Waals surface area contributed by atoms with Crippen molar-refractivity contribution in [2.45, 2.75) is 46.2 Å². The predicted molar refractivity (Wildman–Crippen MR) is 79.8 cm³/mol. The third kappa shape index (κ3) is 5.20. The first-order chi connectivity index (χ1) is 9.04. The number of nitrogens with two attached hydrogens (primary N) is 1. The number of nitrogens with one attached hydrogen (secondary N) is 1. The number of carbonyl (C=O) groups is 1. The molecule has 2 amide bonds. The molecule has 4 nitrogen and oxygen atoms in total. The van der Waals surface area contributed by atoms with Crippen LogP contribution in [-0.2, 0) is 6.54 Å². The molecule has 0 radical (unpaired) electrons. The minimum Gasteiger partial charge on any atom is -0.399 e. The molecule has 0 aliphatic heterocycles. The van der Waals surface area contributed by atoms with E-state index in [1.54, 1.807) is 0 Å². The van der Waals surface area contributed by atoms with Gasteiger partial charge in [0.25, 0.3) is 0 Å². The Hall–Kier alpha value is -1.71. The minimum atomic E-state index is -0.00845. The van der Waals surface area contributed by atoms with Crippen LogP contribution in [0.1, 0.15) is 39.2 Å². The molecule has 1 aromatic rings. The molecule has 1 aromatic carbocycles. The van der Waals surface area contributed by atoms with E-state index in [-0.39, 0.29) is 12.1 Å². The van der Waals surface area contributed by atoms with Crippen molar-refractivity contribution in [2.24, 2.45) is 0 Å². The van der Waals surface area contributed by atoms with Crippen molar-refractivity contribution >= 4 is 11.7 Å². The van der Waals surface area contributed by atoms with E-state index >= 15 is 0 Å². The molecule has 0 heterocycles. The Balaban J connectivity index is 2.64. The molecule has 0 spiro atoms. The molecule has 0 atom stereocenters. The molecule has 0 fully saturated rings. The third-order valence-corrected chi connectivity index (χ3v) is 2.99. The first-order valence-corrected chi connectivity index (χ1v) is 6.93. The van der Waals surface area contributed by atoms with Crippen LogP contribution >= 0.6 is 0 Å². The summed E-state index contributed by atoms with van der Waals surface area (Å²) >= 11 is 0. The van der Waals surface area contributed by atoms with Gasteiger partial charge in [0.05, 0.1) is 0 Å². The van der Waals surface area contributed by atoms with Gasteiger partial charge in [0, 0.05) is 24.8 Å². The average molecular weight is 263 g/mol. The summed E-state index contributed by atoms with van der Waals surface area (Å²) in [6, 6.07) is 7.82. The van der Waals surface area contributed by atoms with Gasteiger partial charge >= 0.3 is 6.03 Å². The van der Waals surface area contributed by atoms with E-state index in [2.05, 4.69) is 12.2 Å². The van der Waals surface area contributed by atoms with Crippen LogP contribution in [0, 0.1) is 0 Å². The number of nitrogen functional groups attached to an aromatic ring is 1. The maximum atomic E-state index is 12.1. The number of hydrogen-bond acceptors (Lipinski definition) is 2. The van der Waals surface area contributed by atoms with Crippen LogP contribution in [0.25, 0.3) is 0 Å². The number of rotatable bonds is 6. The monoisotopic (exact) mass is 263 g/mol. The lowest BCUT2D eigenvalue weighted by Gasteiger charge is -2.27. The average Bonchev–Trinajstić information content (AvgIpc) is 2.36. The normalized spacial score (nSPS) is 10.5. The summed E-state index contributed by atoms with van der Waals surface area (Å²) in [7, 11) is 0. The van der Waals surface area contributed by atoms with Gasteiger partial charge in [0.1, 0.15) is 0 Å². The van der Waals surface area contributed by atoms with Crippen molar-refractivity contribution < 1.29 is 4.79 Å². The zero-order valence-corrected chi connectivity index (χ0v) is 12.1. The zero-order valence-electron chi connectivity index (χ0n) is 12.1. The van der Waals surface area contributed by atoms with Crippen molar-refractivity contribution in [2.75, 3.05) is 12.3 Å². The highest BCUT2D eigenvalue weighted by Gasteiger charge is 2.16. The summed E-state index contributed by atoms with van der Waals surface area (Å²) in [6.45, 7) is 7.46. The topological polar surface area (TPSA) is 58.4 Å². The van der Waals surface area contributed by atoms with Crippen molar-refractivity contribution in [3.63, 3.8) is 0 Å². The third-order valence-electron chi connectivity index (χ3n) is 2.99. The molecule has 0 aliphatic rings. The quantitative estimate of drug-likeness (QED) is 0.612. The van der Waals surface area contributed by atoms with E-state index in [4.69, 9.17) is 5.73 Å². The van der Waals surface area contributed by atoms with Crippen molar-refractivity contribution in [1.82, 2.24) is 10.2 Å². The Morgan fingerprint density at radius 2 is 2.16 bits per heavy atom. The summed E-state index contributed by atoms with van der Waals surface area (Å²) < 4.78 is 0. The number of anilines is 1. The van der Waals surface area contributed by atoms with E-state index in [0.29, 0.717) is 6.54 Å². The second-order valence-electron chi connectivity index (χ2n) is 5.05. The van der Waals surface area contributed by atoms with Gasteiger partial charge in [-0.3, -0.25) is 0 Å². The maximum absolute atomic E-state index is 12.1. The van der Waals surface area contributed by atoms with Gasteiger partial charge in [0.15, 0.2) is 0 Å². The molecule has 3 N–H and O–H groups in total. The smallest absolute Gasteiger partial charge is 0.317 e. The van der Waals surface area contributed by atoms with Crippen LogP contribution in [0.15, 0.2) is 24.3 Å². The summed E-state index contributed by atoms with van der Waals surface area (Å²) in [5.74, 6) is 0. The highest BCUT2D eigenvalue weighted by Crippen LogP contribution is 2.12. The fourth-order valence-electron chi connectivity index (χ4n) is 1.85. The number of unbranched alkanes of at least 4 members (excludes halogenated alkanes) is 1. The van der Waals surface area contributed by atoms with Gasteiger partial charge in [-0.2, -0.15) is 0 Å². The molecule has 0 aromatic heterocycles. The van der Waals surface area contributed by atoms with Crippen LogP contribution < -0.4 is 11.1 Å². The second kappa shape index (κ2) is 7.67. The highest BCUT2D eigenvalue weighted by atomic mass is 16.2. The van der Waals surface area contributed by atoms with Gasteiger partial charge < -0.3 is 16.0 Å². The Morgan fingerprint density at radius 1 is 1.42 bits per heavy atom. The lowest BCUT2D eigenvalue weighted by Crippen LogP contribution is -2.43. The van der Waals surface area contributed by atoms with Crippen LogP contribution in [0.4, 0.5) is 10.5 Å². The fourth-order valence-corrected chi connectivity index (χ4v) is 1.85. The highest BCUT2D eigenvalue weighted by molar-refractivity contribution is 5.74. The van der Waals surface area contributed by atoms with Crippen molar-refractivity contribution in [3.8, 4) is 0 Å². The Bertz CT molecular complexity index is 404. The summed E-state index contributed by atoms with van der Waals surface area (Å²) in [5.41, 5.74) is 7.55. The van der Waals surface area contributed by atoms with Gasteiger partial charge in [-0.15, -0.1) is 0 Å². The van der Waals surface area contributed by atoms with E-state index in [1.807, 2.05) is 43.0 Å². The van der Waals surface area contributed by atoms with Gasteiger partial charge in [-0.1, -0.05) is 25.5 Å². The number of carbonyl (C=O) groups excluding carboxylic acids is 1. The predicted octanol–water partition coefficient (Wildman–Crippen LogP) is 2.99. The number of urea groups is 1. The molecule has 0 saturated carbocycles. The molecule has 0 unspecified atom stereocenters. The summed E-state index contributed by atoms with van der Waals surface area (Å²) in [5, 5.41) is 2.96. The van der Waals surface area contributed by atoms with Gasteiger partial charge in [-0.05, 0) is 38.0 Å². The minimum absolute atomic E-state index is 0.00845. The summed E-state index contributed by atoms with van der Waals surface area (Å²) in [6.07, 6.45) is 2.09. The molecular formula is C15H25N3O. The van der Waals surface area contributed by atoms with Crippen LogP contribution in [0.2, 0.25) is 0 Å². The molecule has 0 saturated heterocycles. The fraction of sp³-hybridized carbons (Fsp3) is 0.533. The Labute approximate surface area is 116 Å². The van der Waals surface area contributed by atoms with Crippen molar-refractivity contribution in [3.05, 3.63) is 29.8 Å². The molecule has 106 valence electrons. The van der Waals surface area contributed by atoms with Gasteiger partial charge in [-0.25, -0.2) is 4.79 Å². The van der Waals surface area contributed by atoms with Crippen LogP contribution in [0.3, 0.4) is 0 Å². The second-order valence-corrected chi connectivity index (χ2v) is 5.05. The van der Waals surface area contributed by atoms with Crippen LogP contribution in [0.5, 0.6) is 0 Å². The standard InChI is InChI=1S/C15H25N3O/c1-4-5-9-17-15(19)18(12(2)3)11-13-7-6-8-14(16)10-13/h6-8,10,12H,4-5,9,11,16H2,1-3H3,(H,17,19). The molecule has 0 bridgehead atoms. The SMILES string of the molecule is CCCCNC(=O)N(Cc1cccc(N)c1)C(C)C. The maximum Gasteiger partial charge on any atom is 0.317 e. The van der Waals surface area contributed by atoms with E-state index in [9.17, 15) is 4.79 Å². The molecule has 1 rings (SSSR count). The van der Waals surface area contributed by atoms with E-state index in [0.717, 1.165) is 30.6 Å². The molecule has 4 heteroatoms. The number of benzene rings is 1. The van der Waals surface area contributed by atoms with E-state index < -0.39 is 0 Å². The van der Waals surface area contributed by atoms with Crippen LogP contribution in [-0.4, -0.2) is 23.5 Å². The Morgan fingerprint density at radius 3 is 2.74 bits per heavy atom. The largest absolute Gasteiger partial charge is 0.399 e. The Kier molecular flexibility index (Phi) is 6.19. The van der Waals surface area contributed by atoms with Crippen molar-refractivity contribution in [1.29, 1.82) is 0 Å². The van der Waals surface area contributed by atoms with Gasteiger partial charge in [0.2, 0.25) is 0 Å². The number of amides is 2. The zero-order chi connectivity index (χ0) is 14.3. The number of nitrogens with zero attached hydrogens (tertiary/aromatic N) is 1. The molecule has 19 heavy (non-hydrogen) atoms. The summed E-state index contributed by atoms with van der Waals surface area (Å²) in [4.78, 5) is 14.0. The molecule has 0 aliphatic carbocycles. The lowest BCUT2D eigenvalue weighted by atomic mass is 10.1. The molecular weight excluding hydrogens is 238 g/mol. The van der Waals surface area contributed by atoms with E-state index in [1.165, 1.54) is 0 Å².